The Morgan fingerprint density at radius 2 is 1.50 bits per heavy atom. The molecule has 2 aliphatic rings. The standard InChI is InChI=1S/C18H4N12/c19-1-13-16-12(6-27-28(13)7-22)10-4-25-26-5-11(10)17-14(2-20)29(8-23)30(9-24)15(3-21)18(16)17/h4-6,14H. The zero-order valence-corrected chi connectivity index (χ0v) is 14.7. The lowest BCUT2D eigenvalue weighted by Crippen LogP contribution is -2.52. The second-order valence-corrected chi connectivity index (χ2v) is 5.86. The number of hydrazone groups is 1. The van der Waals surface area contributed by atoms with Gasteiger partial charge in [0, 0.05) is 32.3 Å². The molecule has 1 aromatic heterocycles. The Morgan fingerprint density at radius 1 is 0.800 bits per heavy atom. The van der Waals surface area contributed by atoms with Crippen LogP contribution in [-0.2, 0) is 0 Å². The van der Waals surface area contributed by atoms with E-state index in [1.54, 1.807) is 18.6 Å². The van der Waals surface area contributed by atoms with Crippen LogP contribution in [0.15, 0.2) is 17.5 Å². The average Bonchev–Trinajstić information content (AvgIpc) is 2.80. The molecule has 0 spiro atoms. The minimum atomic E-state index is -1.30. The van der Waals surface area contributed by atoms with Crippen LogP contribution in [0.2, 0.25) is 0 Å². The summed E-state index contributed by atoms with van der Waals surface area (Å²) in [7, 11) is 0. The summed E-state index contributed by atoms with van der Waals surface area (Å²) in [5.74, 6) is 0. The number of benzene rings is 1. The number of hydrogen-bond donors (Lipinski definition) is 0. The van der Waals surface area contributed by atoms with Crippen LogP contribution in [0.25, 0.3) is 22.2 Å². The summed E-state index contributed by atoms with van der Waals surface area (Å²) in [5.41, 5.74) is 0.0929. The first-order valence-electron chi connectivity index (χ1n) is 8.04. The minimum Gasteiger partial charge on any atom is -0.196 e. The van der Waals surface area contributed by atoms with E-state index in [4.69, 9.17) is 0 Å². The molecule has 0 radical (unpaired) electrons. The monoisotopic (exact) mass is 388 g/mol. The van der Waals surface area contributed by atoms with Crippen molar-refractivity contribution in [2.24, 2.45) is 5.10 Å². The van der Waals surface area contributed by atoms with Gasteiger partial charge in [0.2, 0.25) is 18.6 Å². The molecule has 0 bridgehead atoms. The molecule has 4 rings (SSSR count). The molecule has 30 heavy (non-hydrogen) atoms. The minimum absolute atomic E-state index is 0.0792. The molecular formula is C18H4N12. The fourth-order valence-corrected chi connectivity index (χ4v) is 3.53. The third-order valence-electron chi connectivity index (χ3n) is 4.66. The Hall–Kier alpha value is -5.69. The Balaban J connectivity index is 2.47. The van der Waals surface area contributed by atoms with Crippen molar-refractivity contribution in [1.82, 2.24) is 25.2 Å². The summed E-state index contributed by atoms with van der Waals surface area (Å²) in [6, 6.07) is 4.44. The Labute approximate surface area is 167 Å². The zero-order valence-electron chi connectivity index (χ0n) is 14.7. The smallest absolute Gasteiger partial charge is 0.196 e. The summed E-state index contributed by atoms with van der Waals surface area (Å²) >= 11 is 0. The van der Waals surface area contributed by atoms with E-state index in [2.05, 4.69) is 15.3 Å². The van der Waals surface area contributed by atoms with E-state index in [-0.39, 0.29) is 27.4 Å². The van der Waals surface area contributed by atoms with Crippen molar-refractivity contribution in [2.45, 2.75) is 6.04 Å². The predicted molar refractivity (Wildman–Crippen MR) is 95.1 cm³/mol. The zero-order chi connectivity index (χ0) is 21.4. The summed E-state index contributed by atoms with van der Waals surface area (Å²) in [5, 5.41) is 72.8. The van der Waals surface area contributed by atoms with Gasteiger partial charge in [-0.2, -0.15) is 61.9 Å². The fraction of sp³-hybridized carbons (Fsp3) is 0.0556. The molecule has 1 aromatic carbocycles. The maximum absolute atomic E-state index is 9.84. The van der Waals surface area contributed by atoms with Gasteiger partial charge in [-0.1, -0.05) is 0 Å². The van der Waals surface area contributed by atoms with Gasteiger partial charge in [-0.15, -0.1) is 0 Å². The quantitative estimate of drug-likeness (QED) is 0.507. The van der Waals surface area contributed by atoms with Gasteiger partial charge < -0.3 is 0 Å². The molecule has 0 saturated heterocycles. The van der Waals surface area contributed by atoms with E-state index in [9.17, 15) is 31.6 Å². The van der Waals surface area contributed by atoms with E-state index >= 15 is 0 Å². The molecule has 0 fully saturated rings. The topological polar surface area (TPSA) is 191 Å². The summed E-state index contributed by atoms with van der Waals surface area (Å²) in [4.78, 5) is 0. The molecule has 0 N–H and O–H groups in total. The maximum atomic E-state index is 9.84. The van der Waals surface area contributed by atoms with E-state index in [0.717, 1.165) is 10.0 Å². The molecule has 0 saturated carbocycles. The number of hydrogen-bond acceptors (Lipinski definition) is 12. The summed E-state index contributed by atoms with van der Waals surface area (Å²) < 4.78 is 0. The third kappa shape index (κ3) is 2.05. The van der Waals surface area contributed by atoms with Gasteiger partial charge in [0.25, 0.3) is 0 Å². The predicted octanol–water partition coefficient (Wildman–Crippen LogP) is -0.917. The van der Waals surface area contributed by atoms with Crippen LogP contribution < -0.4 is 10.4 Å². The number of nitriles is 6. The third-order valence-corrected chi connectivity index (χ3v) is 4.66. The summed E-state index contributed by atoms with van der Waals surface area (Å²) in [6.07, 6.45) is 9.30. The fourth-order valence-electron chi connectivity index (χ4n) is 3.53. The van der Waals surface area contributed by atoms with Crippen molar-refractivity contribution in [2.75, 3.05) is 0 Å². The van der Waals surface area contributed by atoms with Crippen molar-refractivity contribution in [3.8, 4) is 36.8 Å². The summed E-state index contributed by atoms with van der Waals surface area (Å²) in [6.45, 7) is 0. The Bertz CT molecular complexity index is 1540. The van der Waals surface area contributed by atoms with Gasteiger partial charge in [-0.25, -0.2) is 0 Å². The van der Waals surface area contributed by atoms with Crippen LogP contribution in [0, 0.1) is 68.4 Å². The number of rotatable bonds is 0. The maximum Gasteiger partial charge on any atom is 0.207 e. The number of fused-ring (bicyclic) bond motifs is 6. The highest BCUT2D eigenvalue weighted by Gasteiger charge is 2.37. The lowest BCUT2D eigenvalue weighted by Gasteiger charge is -2.34. The first kappa shape index (κ1) is 17.7. The first-order valence-corrected chi connectivity index (χ1v) is 8.04. The van der Waals surface area contributed by atoms with E-state index in [1.165, 1.54) is 18.6 Å². The lowest BCUT2D eigenvalue weighted by molar-refractivity contribution is 0.130. The molecule has 0 aliphatic carbocycles. The van der Waals surface area contributed by atoms with Crippen molar-refractivity contribution >= 4 is 28.4 Å². The van der Waals surface area contributed by atoms with Crippen molar-refractivity contribution in [3.63, 3.8) is 0 Å². The average molecular weight is 388 g/mol. The SMILES string of the molecule is N#CC1=c2c(c3cnncc3c3c2=C(C#N)N(C#N)N(C#N)C3C#N)C=NN1C#N. The molecule has 2 aromatic rings. The highest BCUT2D eigenvalue weighted by Crippen LogP contribution is 2.31. The number of nitrogens with zero attached hydrogens (tertiary/aromatic N) is 12. The molecule has 1 unspecified atom stereocenters. The van der Waals surface area contributed by atoms with E-state index < -0.39 is 6.04 Å². The second-order valence-electron chi connectivity index (χ2n) is 5.86. The molecule has 1 atom stereocenters. The number of hydrazine groups is 1. The van der Waals surface area contributed by atoms with Gasteiger partial charge in [0.15, 0.2) is 17.4 Å². The van der Waals surface area contributed by atoms with Crippen molar-refractivity contribution < 1.29 is 0 Å². The normalized spacial score (nSPS) is 16.3. The molecule has 12 nitrogen and oxygen atoms in total. The lowest BCUT2D eigenvalue weighted by atomic mass is 9.90. The van der Waals surface area contributed by atoms with E-state index in [0.29, 0.717) is 21.3 Å². The van der Waals surface area contributed by atoms with E-state index in [1.807, 2.05) is 18.2 Å². The van der Waals surface area contributed by atoms with Crippen LogP contribution in [0.4, 0.5) is 0 Å². The van der Waals surface area contributed by atoms with Crippen LogP contribution >= 0.6 is 0 Å². The van der Waals surface area contributed by atoms with Gasteiger partial charge >= 0.3 is 0 Å². The van der Waals surface area contributed by atoms with Crippen LogP contribution in [-0.4, -0.2) is 31.4 Å². The molecule has 12 heteroatoms. The van der Waals surface area contributed by atoms with Crippen molar-refractivity contribution in [1.29, 1.82) is 31.6 Å². The largest absolute Gasteiger partial charge is 0.207 e. The first-order chi connectivity index (χ1) is 14.7. The van der Waals surface area contributed by atoms with Gasteiger partial charge in [0.05, 0.1) is 24.7 Å². The Morgan fingerprint density at radius 3 is 2.07 bits per heavy atom. The van der Waals surface area contributed by atoms with Gasteiger partial charge in [-0.3, -0.25) is 0 Å². The molecule has 3 heterocycles. The number of aromatic nitrogens is 2. The molecule has 2 aliphatic heterocycles. The van der Waals surface area contributed by atoms with Gasteiger partial charge in [0.1, 0.15) is 12.1 Å². The molecular weight excluding hydrogens is 384 g/mol. The molecule has 136 valence electrons. The highest BCUT2D eigenvalue weighted by atomic mass is 15.6. The molecule has 0 amide bonds. The van der Waals surface area contributed by atoms with Crippen LogP contribution in [0.5, 0.6) is 0 Å². The van der Waals surface area contributed by atoms with Crippen LogP contribution in [0.1, 0.15) is 17.2 Å². The van der Waals surface area contributed by atoms with Crippen molar-refractivity contribution in [3.05, 3.63) is 34.0 Å². The highest BCUT2D eigenvalue weighted by molar-refractivity contribution is 6.03. The van der Waals surface area contributed by atoms with Gasteiger partial charge in [-0.05, 0) is 0 Å². The second kappa shape index (κ2) is 6.48. The van der Waals surface area contributed by atoms with Crippen LogP contribution in [0.3, 0.4) is 0 Å². The Kier molecular flexibility index (Phi) is 3.83.